The van der Waals surface area contributed by atoms with Crippen molar-refractivity contribution in [3.63, 3.8) is 0 Å². The second-order valence-electron chi connectivity index (χ2n) is 4.66. The fraction of sp³-hybridized carbons (Fsp3) is 0.188. The van der Waals surface area contributed by atoms with Gasteiger partial charge in [0.15, 0.2) is 0 Å². The SMILES string of the molecule is Cc1cc(F)ccc1C(=O)N(C)c1ccccc1CN. The van der Waals surface area contributed by atoms with Crippen molar-refractivity contribution in [2.24, 2.45) is 5.73 Å². The zero-order valence-corrected chi connectivity index (χ0v) is 11.6. The third-order valence-electron chi connectivity index (χ3n) is 3.30. The van der Waals surface area contributed by atoms with Crippen molar-refractivity contribution >= 4 is 11.6 Å². The van der Waals surface area contributed by atoms with Gasteiger partial charge in [-0.25, -0.2) is 4.39 Å². The van der Waals surface area contributed by atoms with Crippen molar-refractivity contribution in [3.05, 3.63) is 65.0 Å². The summed E-state index contributed by atoms with van der Waals surface area (Å²) in [6.07, 6.45) is 0. The molecule has 0 unspecified atom stereocenters. The Kier molecular flexibility index (Phi) is 4.15. The number of para-hydroxylation sites is 1. The van der Waals surface area contributed by atoms with Gasteiger partial charge in [0.25, 0.3) is 5.91 Å². The number of hydrogen-bond donors (Lipinski definition) is 1. The van der Waals surface area contributed by atoms with Crippen molar-refractivity contribution in [1.29, 1.82) is 0 Å². The minimum atomic E-state index is -0.343. The second kappa shape index (κ2) is 5.84. The predicted molar refractivity (Wildman–Crippen MR) is 78.2 cm³/mol. The van der Waals surface area contributed by atoms with Crippen LogP contribution in [0.3, 0.4) is 0 Å². The van der Waals surface area contributed by atoms with E-state index in [1.54, 1.807) is 18.9 Å². The van der Waals surface area contributed by atoms with Crippen molar-refractivity contribution in [1.82, 2.24) is 0 Å². The van der Waals surface area contributed by atoms with Crippen molar-refractivity contribution in [2.75, 3.05) is 11.9 Å². The Hall–Kier alpha value is -2.20. The van der Waals surface area contributed by atoms with Gasteiger partial charge in [0.05, 0.1) is 0 Å². The van der Waals surface area contributed by atoms with Crippen molar-refractivity contribution < 1.29 is 9.18 Å². The summed E-state index contributed by atoms with van der Waals surface area (Å²) >= 11 is 0. The fourth-order valence-corrected chi connectivity index (χ4v) is 2.17. The van der Waals surface area contributed by atoms with Crippen LogP contribution in [0.2, 0.25) is 0 Å². The standard InChI is InChI=1S/C16H17FN2O/c1-11-9-13(17)7-8-14(11)16(20)19(2)15-6-4-3-5-12(15)10-18/h3-9H,10,18H2,1-2H3. The third-order valence-corrected chi connectivity index (χ3v) is 3.30. The second-order valence-corrected chi connectivity index (χ2v) is 4.66. The average molecular weight is 272 g/mol. The molecule has 2 aromatic carbocycles. The van der Waals surface area contributed by atoms with Crippen LogP contribution in [0.15, 0.2) is 42.5 Å². The van der Waals surface area contributed by atoms with Crippen LogP contribution in [-0.4, -0.2) is 13.0 Å². The first kappa shape index (κ1) is 14.2. The van der Waals surface area contributed by atoms with Gasteiger partial charge in [-0.15, -0.1) is 0 Å². The van der Waals surface area contributed by atoms with E-state index in [4.69, 9.17) is 5.73 Å². The molecule has 0 radical (unpaired) electrons. The van der Waals surface area contributed by atoms with Crippen LogP contribution in [0.25, 0.3) is 0 Å². The molecule has 0 saturated heterocycles. The lowest BCUT2D eigenvalue weighted by Gasteiger charge is -2.21. The Bertz CT molecular complexity index is 640. The summed E-state index contributed by atoms with van der Waals surface area (Å²) in [5.74, 6) is -0.521. The Morgan fingerprint density at radius 2 is 1.95 bits per heavy atom. The molecule has 0 fully saturated rings. The summed E-state index contributed by atoms with van der Waals surface area (Å²) in [4.78, 5) is 14.1. The zero-order valence-electron chi connectivity index (χ0n) is 11.6. The summed E-state index contributed by atoms with van der Waals surface area (Å²) in [6.45, 7) is 2.08. The number of rotatable bonds is 3. The van der Waals surface area contributed by atoms with E-state index in [9.17, 15) is 9.18 Å². The Morgan fingerprint density at radius 1 is 1.25 bits per heavy atom. The molecule has 2 rings (SSSR count). The van der Waals surface area contributed by atoms with Gasteiger partial charge in [0.2, 0.25) is 0 Å². The van der Waals surface area contributed by atoms with Gasteiger partial charge in [-0.2, -0.15) is 0 Å². The van der Waals surface area contributed by atoms with Crippen LogP contribution >= 0.6 is 0 Å². The number of halogens is 1. The molecule has 0 saturated carbocycles. The van der Waals surface area contributed by atoms with E-state index in [0.29, 0.717) is 17.7 Å². The first-order chi connectivity index (χ1) is 9.54. The zero-order chi connectivity index (χ0) is 14.7. The first-order valence-corrected chi connectivity index (χ1v) is 6.36. The average Bonchev–Trinajstić information content (AvgIpc) is 2.45. The highest BCUT2D eigenvalue weighted by Gasteiger charge is 2.17. The van der Waals surface area contributed by atoms with Crippen LogP contribution in [0.4, 0.5) is 10.1 Å². The summed E-state index contributed by atoms with van der Waals surface area (Å²) in [5, 5.41) is 0. The maximum atomic E-state index is 13.1. The number of benzene rings is 2. The molecule has 0 aliphatic heterocycles. The largest absolute Gasteiger partial charge is 0.326 e. The molecule has 4 heteroatoms. The van der Waals surface area contributed by atoms with E-state index in [1.165, 1.54) is 18.2 Å². The van der Waals surface area contributed by atoms with E-state index in [-0.39, 0.29) is 11.7 Å². The number of carbonyl (C=O) groups is 1. The Labute approximate surface area is 117 Å². The predicted octanol–water partition coefficient (Wildman–Crippen LogP) is 2.87. The molecule has 104 valence electrons. The van der Waals surface area contributed by atoms with Crippen molar-refractivity contribution in [2.45, 2.75) is 13.5 Å². The quantitative estimate of drug-likeness (QED) is 0.934. The van der Waals surface area contributed by atoms with Gasteiger partial charge < -0.3 is 10.6 Å². The van der Waals surface area contributed by atoms with Crippen LogP contribution in [0.1, 0.15) is 21.5 Å². The number of amides is 1. The van der Waals surface area contributed by atoms with Gasteiger partial charge in [-0.05, 0) is 42.3 Å². The van der Waals surface area contributed by atoms with Gasteiger partial charge in [-0.3, -0.25) is 4.79 Å². The molecule has 0 heterocycles. The Morgan fingerprint density at radius 3 is 2.60 bits per heavy atom. The lowest BCUT2D eigenvalue weighted by atomic mass is 10.1. The molecule has 2 aromatic rings. The van der Waals surface area contributed by atoms with E-state index in [0.717, 1.165) is 11.3 Å². The number of nitrogens with two attached hydrogens (primary N) is 1. The van der Waals surface area contributed by atoms with E-state index >= 15 is 0 Å². The molecule has 0 spiro atoms. The van der Waals surface area contributed by atoms with Gasteiger partial charge >= 0.3 is 0 Å². The van der Waals surface area contributed by atoms with Crippen LogP contribution in [0, 0.1) is 12.7 Å². The van der Waals surface area contributed by atoms with Crippen LogP contribution < -0.4 is 10.6 Å². The smallest absolute Gasteiger partial charge is 0.258 e. The summed E-state index contributed by atoms with van der Waals surface area (Å²) in [5.41, 5.74) is 8.45. The molecular weight excluding hydrogens is 255 g/mol. The maximum absolute atomic E-state index is 13.1. The van der Waals surface area contributed by atoms with E-state index < -0.39 is 0 Å². The lowest BCUT2D eigenvalue weighted by molar-refractivity contribution is 0.0992. The topological polar surface area (TPSA) is 46.3 Å². The number of nitrogens with zero attached hydrogens (tertiary/aromatic N) is 1. The minimum absolute atomic E-state index is 0.177. The van der Waals surface area contributed by atoms with Crippen molar-refractivity contribution in [3.8, 4) is 0 Å². The number of hydrogen-bond acceptors (Lipinski definition) is 2. The third kappa shape index (κ3) is 2.70. The maximum Gasteiger partial charge on any atom is 0.258 e. The molecule has 3 nitrogen and oxygen atoms in total. The summed E-state index contributed by atoms with van der Waals surface area (Å²) < 4.78 is 13.1. The monoisotopic (exact) mass is 272 g/mol. The molecule has 0 aliphatic carbocycles. The van der Waals surface area contributed by atoms with Gasteiger partial charge in [0, 0.05) is 24.8 Å². The molecule has 0 aliphatic rings. The molecule has 20 heavy (non-hydrogen) atoms. The summed E-state index contributed by atoms with van der Waals surface area (Å²) in [7, 11) is 1.69. The Balaban J connectivity index is 2.37. The molecule has 2 N–H and O–H groups in total. The summed E-state index contributed by atoms with van der Waals surface area (Å²) in [6, 6.07) is 11.6. The normalized spacial score (nSPS) is 10.4. The number of aryl methyl sites for hydroxylation is 1. The molecule has 0 bridgehead atoms. The molecule has 0 aromatic heterocycles. The highest BCUT2D eigenvalue weighted by atomic mass is 19.1. The lowest BCUT2D eigenvalue weighted by Crippen LogP contribution is -2.28. The molecule has 1 amide bonds. The number of anilines is 1. The minimum Gasteiger partial charge on any atom is -0.326 e. The molecular formula is C16H17FN2O. The van der Waals surface area contributed by atoms with E-state index in [2.05, 4.69) is 0 Å². The van der Waals surface area contributed by atoms with Crippen LogP contribution in [-0.2, 0) is 6.54 Å². The van der Waals surface area contributed by atoms with Gasteiger partial charge in [0.1, 0.15) is 5.82 Å². The highest BCUT2D eigenvalue weighted by molar-refractivity contribution is 6.07. The molecule has 0 atom stereocenters. The number of carbonyl (C=O) groups excluding carboxylic acids is 1. The first-order valence-electron chi connectivity index (χ1n) is 6.36. The van der Waals surface area contributed by atoms with Crippen LogP contribution in [0.5, 0.6) is 0 Å². The van der Waals surface area contributed by atoms with E-state index in [1.807, 2.05) is 24.3 Å². The van der Waals surface area contributed by atoms with Gasteiger partial charge in [-0.1, -0.05) is 18.2 Å². The fourth-order valence-electron chi connectivity index (χ4n) is 2.17. The highest BCUT2D eigenvalue weighted by Crippen LogP contribution is 2.22.